The molecular weight excluding hydrogens is 266 g/mol. The van der Waals surface area contributed by atoms with Crippen LogP contribution in [0.3, 0.4) is 0 Å². The van der Waals surface area contributed by atoms with Gasteiger partial charge in [-0.25, -0.2) is 4.79 Å². The lowest BCUT2D eigenvalue weighted by Gasteiger charge is -2.03. The summed E-state index contributed by atoms with van der Waals surface area (Å²) in [6, 6.07) is 7.08. The summed E-state index contributed by atoms with van der Waals surface area (Å²) < 4.78 is 4.69. The van der Waals surface area contributed by atoms with Gasteiger partial charge in [-0.2, -0.15) is 0 Å². The molecule has 2 rings (SSSR count). The van der Waals surface area contributed by atoms with Crippen molar-refractivity contribution in [2.24, 2.45) is 0 Å². The standard InChI is InChI=1S/C14H12ClNO3/c1-8-12(14(18)19-2)10(13(17)16-8)7-9-5-3-4-6-11(9)15/h3-7H,1-2H3,(H,16,17)/b10-7+. The predicted octanol–water partition coefficient (Wildman–Crippen LogP) is 2.30. The quantitative estimate of drug-likeness (QED) is 0.667. The minimum atomic E-state index is -0.547. The van der Waals surface area contributed by atoms with Crippen LogP contribution in [0.2, 0.25) is 5.02 Å². The number of rotatable bonds is 2. The number of benzene rings is 1. The van der Waals surface area contributed by atoms with Gasteiger partial charge in [0, 0.05) is 10.7 Å². The van der Waals surface area contributed by atoms with E-state index >= 15 is 0 Å². The fraction of sp³-hybridized carbons (Fsp3) is 0.143. The van der Waals surface area contributed by atoms with Crippen LogP contribution in [0.15, 0.2) is 41.1 Å². The normalized spacial score (nSPS) is 16.8. The van der Waals surface area contributed by atoms with E-state index in [2.05, 4.69) is 10.1 Å². The molecule has 1 aliphatic rings. The number of nitrogens with one attached hydrogen (secondary N) is 1. The highest BCUT2D eigenvalue weighted by Crippen LogP contribution is 2.26. The summed E-state index contributed by atoms with van der Waals surface area (Å²) in [6.07, 6.45) is 1.58. The molecule has 1 aliphatic heterocycles. The Bertz CT molecular complexity index is 617. The molecule has 4 nitrogen and oxygen atoms in total. The lowest BCUT2D eigenvalue weighted by molar-refractivity contribution is -0.136. The van der Waals surface area contributed by atoms with Crippen LogP contribution in [0.5, 0.6) is 0 Å². The Hall–Kier alpha value is -2.07. The Morgan fingerprint density at radius 3 is 2.68 bits per heavy atom. The van der Waals surface area contributed by atoms with E-state index in [1.807, 2.05) is 0 Å². The van der Waals surface area contributed by atoms with Crippen molar-refractivity contribution in [3.8, 4) is 0 Å². The largest absolute Gasteiger partial charge is 0.465 e. The summed E-state index contributed by atoms with van der Waals surface area (Å²) in [5.74, 6) is -0.882. The van der Waals surface area contributed by atoms with E-state index in [9.17, 15) is 9.59 Å². The van der Waals surface area contributed by atoms with E-state index in [0.717, 1.165) is 0 Å². The highest BCUT2D eigenvalue weighted by atomic mass is 35.5. The van der Waals surface area contributed by atoms with Crippen LogP contribution in [0.1, 0.15) is 12.5 Å². The molecule has 0 saturated carbocycles. The molecule has 0 radical (unpaired) electrons. The van der Waals surface area contributed by atoms with Crippen LogP contribution < -0.4 is 5.32 Å². The Morgan fingerprint density at radius 2 is 2.05 bits per heavy atom. The lowest BCUT2D eigenvalue weighted by atomic mass is 10.0. The summed E-state index contributed by atoms with van der Waals surface area (Å²) in [4.78, 5) is 23.6. The Kier molecular flexibility index (Phi) is 3.71. The van der Waals surface area contributed by atoms with Crippen molar-refractivity contribution in [3.63, 3.8) is 0 Å². The first kappa shape index (κ1) is 13.4. The van der Waals surface area contributed by atoms with Gasteiger partial charge < -0.3 is 10.1 Å². The van der Waals surface area contributed by atoms with Crippen molar-refractivity contribution in [3.05, 3.63) is 51.7 Å². The molecule has 1 heterocycles. The first-order valence-electron chi connectivity index (χ1n) is 5.61. The fourth-order valence-electron chi connectivity index (χ4n) is 1.87. The Balaban J connectivity index is 2.51. The molecule has 5 heteroatoms. The van der Waals surface area contributed by atoms with Gasteiger partial charge in [-0.15, -0.1) is 0 Å². The van der Waals surface area contributed by atoms with Crippen LogP contribution in [0, 0.1) is 0 Å². The number of hydrogen-bond donors (Lipinski definition) is 1. The molecule has 1 amide bonds. The monoisotopic (exact) mass is 277 g/mol. The maximum Gasteiger partial charge on any atom is 0.340 e. The number of amides is 1. The molecule has 1 N–H and O–H groups in total. The van der Waals surface area contributed by atoms with E-state index in [1.54, 1.807) is 37.3 Å². The predicted molar refractivity (Wildman–Crippen MR) is 72.3 cm³/mol. The lowest BCUT2D eigenvalue weighted by Crippen LogP contribution is -2.15. The molecule has 1 aromatic carbocycles. The van der Waals surface area contributed by atoms with E-state index in [0.29, 0.717) is 16.3 Å². The maximum atomic E-state index is 11.9. The Labute approximate surface area is 115 Å². The topological polar surface area (TPSA) is 55.4 Å². The minimum absolute atomic E-state index is 0.243. The molecule has 0 bridgehead atoms. The van der Waals surface area contributed by atoms with Gasteiger partial charge in [0.1, 0.15) is 0 Å². The fourth-order valence-corrected chi connectivity index (χ4v) is 2.06. The highest BCUT2D eigenvalue weighted by Gasteiger charge is 2.30. The first-order valence-corrected chi connectivity index (χ1v) is 5.99. The second-order valence-electron chi connectivity index (χ2n) is 4.03. The summed E-state index contributed by atoms with van der Waals surface area (Å²) in [7, 11) is 1.28. The summed E-state index contributed by atoms with van der Waals surface area (Å²) in [5, 5.41) is 3.11. The van der Waals surface area contributed by atoms with Gasteiger partial charge in [0.25, 0.3) is 5.91 Å². The summed E-state index contributed by atoms with van der Waals surface area (Å²) >= 11 is 6.04. The molecule has 1 aromatic rings. The highest BCUT2D eigenvalue weighted by molar-refractivity contribution is 6.32. The molecule has 0 atom stereocenters. The molecule has 0 fully saturated rings. The van der Waals surface area contributed by atoms with Crippen molar-refractivity contribution in [2.75, 3.05) is 7.11 Å². The first-order chi connectivity index (χ1) is 9.04. The van der Waals surface area contributed by atoms with Crippen molar-refractivity contribution in [2.45, 2.75) is 6.92 Å². The van der Waals surface area contributed by atoms with Crippen LogP contribution >= 0.6 is 11.6 Å². The van der Waals surface area contributed by atoms with Gasteiger partial charge in [0.05, 0.1) is 18.3 Å². The molecule has 0 aromatic heterocycles. The third kappa shape index (κ3) is 2.53. The number of methoxy groups -OCH3 is 1. The molecule has 0 spiro atoms. The van der Waals surface area contributed by atoms with Crippen LogP contribution in [0.25, 0.3) is 6.08 Å². The number of esters is 1. The van der Waals surface area contributed by atoms with E-state index < -0.39 is 5.97 Å². The number of ether oxygens (including phenoxy) is 1. The van der Waals surface area contributed by atoms with E-state index in [1.165, 1.54) is 7.11 Å². The molecular formula is C14H12ClNO3. The second kappa shape index (κ2) is 5.28. The van der Waals surface area contributed by atoms with Gasteiger partial charge in [-0.3, -0.25) is 4.79 Å². The maximum absolute atomic E-state index is 11.9. The van der Waals surface area contributed by atoms with Crippen LogP contribution in [-0.4, -0.2) is 19.0 Å². The van der Waals surface area contributed by atoms with Gasteiger partial charge in [-0.1, -0.05) is 29.8 Å². The Morgan fingerprint density at radius 1 is 1.37 bits per heavy atom. The van der Waals surface area contributed by atoms with Gasteiger partial charge in [0.2, 0.25) is 0 Å². The van der Waals surface area contributed by atoms with Crippen molar-refractivity contribution < 1.29 is 14.3 Å². The average Bonchev–Trinajstić information content (AvgIpc) is 2.66. The number of halogens is 1. The summed E-state index contributed by atoms with van der Waals surface area (Å²) in [5.41, 5.74) is 1.66. The third-order valence-corrected chi connectivity index (χ3v) is 3.13. The van der Waals surface area contributed by atoms with Crippen molar-refractivity contribution in [1.29, 1.82) is 0 Å². The number of allylic oxidation sites excluding steroid dienone is 1. The smallest absolute Gasteiger partial charge is 0.340 e. The zero-order valence-corrected chi connectivity index (χ0v) is 11.2. The molecule has 19 heavy (non-hydrogen) atoms. The van der Waals surface area contributed by atoms with Gasteiger partial charge >= 0.3 is 5.97 Å². The average molecular weight is 278 g/mol. The molecule has 98 valence electrons. The number of carbonyl (C=O) groups excluding carboxylic acids is 2. The molecule has 0 saturated heterocycles. The van der Waals surface area contributed by atoms with Gasteiger partial charge in [-0.05, 0) is 24.6 Å². The van der Waals surface area contributed by atoms with E-state index in [4.69, 9.17) is 11.6 Å². The van der Waals surface area contributed by atoms with Crippen molar-refractivity contribution in [1.82, 2.24) is 5.32 Å². The minimum Gasteiger partial charge on any atom is -0.465 e. The van der Waals surface area contributed by atoms with E-state index in [-0.39, 0.29) is 17.1 Å². The number of hydrogen-bond acceptors (Lipinski definition) is 3. The zero-order valence-electron chi connectivity index (χ0n) is 10.5. The second-order valence-corrected chi connectivity index (χ2v) is 4.43. The summed E-state index contributed by atoms with van der Waals surface area (Å²) in [6.45, 7) is 1.65. The SMILES string of the molecule is COC(=O)C1=C(C)NC(=O)/C1=C/c1ccccc1Cl. The third-order valence-electron chi connectivity index (χ3n) is 2.78. The molecule has 0 aliphatic carbocycles. The number of carbonyl (C=O) groups is 2. The molecule has 0 unspecified atom stereocenters. The van der Waals surface area contributed by atoms with Crippen LogP contribution in [0.4, 0.5) is 0 Å². The van der Waals surface area contributed by atoms with Gasteiger partial charge in [0.15, 0.2) is 0 Å². The van der Waals surface area contributed by atoms with Crippen LogP contribution in [-0.2, 0) is 14.3 Å². The van der Waals surface area contributed by atoms with Crippen molar-refractivity contribution >= 4 is 29.6 Å². The zero-order chi connectivity index (χ0) is 14.0.